The second kappa shape index (κ2) is 8.29. The van der Waals surface area contributed by atoms with Gasteiger partial charge in [-0.15, -0.1) is 0 Å². The smallest absolute Gasteiger partial charge is 0.289 e. The van der Waals surface area contributed by atoms with E-state index < -0.39 is 0 Å². The summed E-state index contributed by atoms with van der Waals surface area (Å²) in [7, 11) is 0. The van der Waals surface area contributed by atoms with Gasteiger partial charge >= 0.3 is 0 Å². The summed E-state index contributed by atoms with van der Waals surface area (Å²) in [4.78, 5) is 42.2. The van der Waals surface area contributed by atoms with Gasteiger partial charge in [-0.2, -0.15) is 0 Å². The zero-order chi connectivity index (χ0) is 20.3. The Kier molecular flexibility index (Phi) is 5.82. The molecule has 0 N–H and O–H groups in total. The van der Waals surface area contributed by atoms with Crippen molar-refractivity contribution in [3.63, 3.8) is 0 Å². The molecule has 2 heterocycles. The summed E-state index contributed by atoms with van der Waals surface area (Å²) in [6.07, 6.45) is 1.47. The number of furan rings is 1. The number of hydrogen-bond acceptors (Lipinski definition) is 4. The molecule has 1 fully saturated rings. The maximum absolute atomic E-state index is 12.8. The van der Waals surface area contributed by atoms with Gasteiger partial charge in [0.2, 0.25) is 11.8 Å². The molecule has 1 saturated heterocycles. The lowest BCUT2D eigenvalue weighted by Crippen LogP contribution is -2.53. The highest BCUT2D eigenvalue weighted by molar-refractivity contribution is 5.98. The van der Waals surface area contributed by atoms with E-state index in [4.69, 9.17) is 4.42 Å². The average Bonchev–Trinajstić information content (AvgIpc) is 3.22. The zero-order valence-corrected chi connectivity index (χ0v) is 16.5. The Morgan fingerprint density at radius 1 is 1.00 bits per heavy atom. The van der Waals surface area contributed by atoms with Crippen LogP contribution >= 0.6 is 0 Å². The number of rotatable bonds is 4. The number of carbonyl (C=O) groups excluding carboxylic acids is 3. The van der Waals surface area contributed by atoms with Crippen molar-refractivity contribution in [2.45, 2.75) is 20.8 Å². The van der Waals surface area contributed by atoms with Crippen LogP contribution in [-0.2, 0) is 9.59 Å². The molecule has 0 atom stereocenters. The lowest BCUT2D eigenvalue weighted by Gasteiger charge is -2.35. The van der Waals surface area contributed by atoms with Crippen molar-refractivity contribution in [1.82, 2.24) is 9.80 Å². The topological polar surface area (TPSA) is 74.1 Å². The van der Waals surface area contributed by atoms with Crippen LogP contribution < -0.4 is 4.90 Å². The molecule has 0 aliphatic carbocycles. The number of nitrogens with zero attached hydrogens (tertiary/aromatic N) is 3. The minimum absolute atomic E-state index is 0.00818. The predicted octanol–water partition coefficient (Wildman–Crippen LogP) is 2.23. The fourth-order valence-electron chi connectivity index (χ4n) is 3.34. The second-order valence-corrected chi connectivity index (χ2v) is 6.97. The molecule has 3 rings (SSSR count). The van der Waals surface area contributed by atoms with Crippen molar-refractivity contribution in [3.05, 3.63) is 53.5 Å². The standard InChI is InChI=1S/C21H25N3O4/c1-15-6-4-7-18(16(15)2)24(17(3)25)14-20(26)22-9-11-23(12-10-22)21(27)19-8-5-13-28-19/h4-8,13H,9-12,14H2,1-3H3. The maximum Gasteiger partial charge on any atom is 0.289 e. The molecule has 0 spiro atoms. The molecule has 0 unspecified atom stereocenters. The number of carbonyl (C=O) groups is 3. The second-order valence-electron chi connectivity index (χ2n) is 6.97. The van der Waals surface area contributed by atoms with Crippen LogP contribution in [0.1, 0.15) is 28.6 Å². The molecule has 1 aromatic carbocycles. The molecule has 1 aromatic heterocycles. The predicted molar refractivity (Wildman–Crippen MR) is 105 cm³/mol. The van der Waals surface area contributed by atoms with Crippen LogP contribution in [0.2, 0.25) is 0 Å². The molecule has 0 bridgehead atoms. The Bertz CT molecular complexity index is 868. The van der Waals surface area contributed by atoms with Crippen molar-refractivity contribution in [1.29, 1.82) is 0 Å². The van der Waals surface area contributed by atoms with Gasteiger partial charge in [-0.05, 0) is 43.2 Å². The largest absolute Gasteiger partial charge is 0.459 e. The van der Waals surface area contributed by atoms with Crippen LogP contribution in [0.15, 0.2) is 41.0 Å². The highest BCUT2D eigenvalue weighted by atomic mass is 16.3. The Hall–Kier alpha value is -3.09. The molecular formula is C21H25N3O4. The van der Waals surface area contributed by atoms with Crippen LogP contribution in [0, 0.1) is 13.8 Å². The van der Waals surface area contributed by atoms with Gasteiger partial charge in [-0.1, -0.05) is 12.1 Å². The molecule has 1 aliphatic heterocycles. The molecule has 1 aliphatic rings. The van der Waals surface area contributed by atoms with Gasteiger partial charge in [0.25, 0.3) is 5.91 Å². The number of anilines is 1. The maximum atomic E-state index is 12.8. The molecule has 3 amide bonds. The Labute approximate surface area is 164 Å². The Morgan fingerprint density at radius 3 is 2.29 bits per heavy atom. The van der Waals surface area contributed by atoms with Crippen LogP contribution in [0.3, 0.4) is 0 Å². The first kappa shape index (κ1) is 19.7. The number of hydrogen-bond donors (Lipinski definition) is 0. The fraction of sp³-hybridized carbons (Fsp3) is 0.381. The Morgan fingerprint density at radius 2 is 1.68 bits per heavy atom. The fourth-order valence-corrected chi connectivity index (χ4v) is 3.34. The van der Waals surface area contributed by atoms with Gasteiger partial charge in [0.15, 0.2) is 5.76 Å². The molecule has 7 nitrogen and oxygen atoms in total. The quantitative estimate of drug-likeness (QED) is 0.812. The van der Waals surface area contributed by atoms with Gasteiger partial charge in [0.1, 0.15) is 6.54 Å². The summed E-state index contributed by atoms with van der Waals surface area (Å²) >= 11 is 0. The van der Waals surface area contributed by atoms with Crippen molar-refractivity contribution in [2.75, 3.05) is 37.6 Å². The van der Waals surface area contributed by atoms with E-state index in [-0.39, 0.29) is 24.3 Å². The minimum atomic E-state index is -0.173. The lowest BCUT2D eigenvalue weighted by molar-refractivity contribution is -0.132. The van der Waals surface area contributed by atoms with E-state index in [2.05, 4.69) is 0 Å². The lowest BCUT2D eigenvalue weighted by atomic mass is 10.1. The van der Waals surface area contributed by atoms with E-state index in [9.17, 15) is 14.4 Å². The average molecular weight is 383 g/mol. The summed E-state index contributed by atoms with van der Waals surface area (Å²) in [6.45, 7) is 7.14. The highest BCUT2D eigenvalue weighted by Gasteiger charge is 2.28. The summed E-state index contributed by atoms with van der Waals surface area (Å²) in [5.74, 6) is -0.162. The monoisotopic (exact) mass is 383 g/mol. The van der Waals surface area contributed by atoms with Crippen LogP contribution in [0.4, 0.5) is 5.69 Å². The van der Waals surface area contributed by atoms with Crippen molar-refractivity contribution < 1.29 is 18.8 Å². The molecule has 2 aromatic rings. The van der Waals surface area contributed by atoms with Gasteiger partial charge in [0.05, 0.1) is 6.26 Å². The number of piperazine rings is 1. The summed E-state index contributed by atoms with van der Waals surface area (Å²) in [5, 5.41) is 0. The molecule has 0 radical (unpaired) electrons. The SMILES string of the molecule is CC(=O)N(CC(=O)N1CCN(C(=O)c2ccco2)CC1)c1cccc(C)c1C. The zero-order valence-electron chi connectivity index (χ0n) is 16.5. The van der Waals surface area contributed by atoms with E-state index in [1.165, 1.54) is 18.1 Å². The van der Waals surface area contributed by atoms with Crippen LogP contribution in [-0.4, -0.2) is 60.2 Å². The summed E-state index contributed by atoms with van der Waals surface area (Å²) < 4.78 is 5.16. The molecule has 148 valence electrons. The first-order valence-corrected chi connectivity index (χ1v) is 9.33. The van der Waals surface area contributed by atoms with E-state index >= 15 is 0 Å². The van der Waals surface area contributed by atoms with Crippen molar-refractivity contribution in [2.24, 2.45) is 0 Å². The van der Waals surface area contributed by atoms with E-state index in [0.29, 0.717) is 31.9 Å². The molecule has 28 heavy (non-hydrogen) atoms. The van der Waals surface area contributed by atoms with E-state index in [1.54, 1.807) is 21.9 Å². The minimum Gasteiger partial charge on any atom is -0.459 e. The highest BCUT2D eigenvalue weighted by Crippen LogP contribution is 2.23. The molecule has 0 saturated carbocycles. The van der Waals surface area contributed by atoms with E-state index in [1.807, 2.05) is 32.0 Å². The Balaban J connectivity index is 1.63. The van der Waals surface area contributed by atoms with Crippen molar-refractivity contribution in [3.8, 4) is 0 Å². The third-order valence-corrected chi connectivity index (χ3v) is 5.19. The third kappa shape index (κ3) is 4.08. The van der Waals surface area contributed by atoms with Gasteiger partial charge in [0, 0.05) is 38.8 Å². The molecule has 7 heteroatoms. The number of aryl methyl sites for hydroxylation is 1. The van der Waals surface area contributed by atoms with Gasteiger partial charge in [-0.3, -0.25) is 14.4 Å². The van der Waals surface area contributed by atoms with Gasteiger partial charge in [-0.25, -0.2) is 0 Å². The number of amides is 3. The van der Waals surface area contributed by atoms with E-state index in [0.717, 1.165) is 16.8 Å². The number of benzene rings is 1. The third-order valence-electron chi connectivity index (χ3n) is 5.19. The summed E-state index contributed by atoms with van der Waals surface area (Å²) in [5.41, 5.74) is 2.81. The first-order chi connectivity index (χ1) is 13.4. The summed E-state index contributed by atoms with van der Waals surface area (Å²) in [6, 6.07) is 9.04. The van der Waals surface area contributed by atoms with Crippen molar-refractivity contribution >= 4 is 23.4 Å². The normalized spacial score (nSPS) is 14.1. The molecular weight excluding hydrogens is 358 g/mol. The van der Waals surface area contributed by atoms with Crippen LogP contribution in [0.5, 0.6) is 0 Å². The van der Waals surface area contributed by atoms with Crippen LogP contribution in [0.25, 0.3) is 0 Å². The first-order valence-electron chi connectivity index (χ1n) is 9.33. The van der Waals surface area contributed by atoms with Gasteiger partial charge < -0.3 is 19.1 Å².